The zero-order valence-electron chi connectivity index (χ0n) is 19.1. The SMILES string of the molecule is CC(C)CNC(=O)[C@@H](C)N(Cc1ccc(F)cc1)C(=O)CN(c1cccc(Br)c1)S(C)(=O)=O. The van der Waals surface area contributed by atoms with E-state index in [1.807, 2.05) is 13.8 Å². The Morgan fingerprint density at radius 1 is 1.09 bits per heavy atom. The minimum Gasteiger partial charge on any atom is -0.354 e. The Hall–Kier alpha value is -2.46. The highest BCUT2D eigenvalue weighted by Gasteiger charge is 2.30. The first-order valence-electron chi connectivity index (χ1n) is 10.4. The van der Waals surface area contributed by atoms with Crippen LogP contribution in [-0.2, 0) is 26.2 Å². The Morgan fingerprint density at radius 2 is 1.73 bits per heavy atom. The zero-order valence-corrected chi connectivity index (χ0v) is 21.5. The summed E-state index contributed by atoms with van der Waals surface area (Å²) in [4.78, 5) is 27.4. The molecule has 2 aromatic carbocycles. The second-order valence-electron chi connectivity index (χ2n) is 8.21. The molecule has 2 amide bonds. The quantitative estimate of drug-likeness (QED) is 0.498. The molecular formula is C23H29BrFN3O4S. The first kappa shape index (κ1) is 26.8. The molecule has 0 saturated carbocycles. The summed E-state index contributed by atoms with van der Waals surface area (Å²) in [5, 5.41) is 2.80. The van der Waals surface area contributed by atoms with Gasteiger partial charge in [-0.25, -0.2) is 12.8 Å². The van der Waals surface area contributed by atoms with Gasteiger partial charge in [0.05, 0.1) is 11.9 Å². The van der Waals surface area contributed by atoms with Crippen LogP contribution in [-0.4, -0.2) is 50.5 Å². The summed E-state index contributed by atoms with van der Waals surface area (Å²) in [5.74, 6) is -1.11. The molecule has 0 radical (unpaired) electrons. The van der Waals surface area contributed by atoms with Gasteiger partial charge in [0.1, 0.15) is 18.4 Å². The van der Waals surface area contributed by atoms with Crippen molar-refractivity contribution in [3.05, 3.63) is 64.4 Å². The summed E-state index contributed by atoms with van der Waals surface area (Å²) < 4.78 is 40.0. The van der Waals surface area contributed by atoms with Crippen molar-refractivity contribution in [2.45, 2.75) is 33.4 Å². The molecule has 0 aliphatic heterocycles. The van der Waals surface area contributed by atoms with Gasteiger partial charge in [-0.1, -0.05) is 48.0 Å². The van der Waals surface area contributed by atoms with E-state index in [0.29, 0.717) is 22.3 Å². The highest BCUT2D eigenvalue weighted by molar-refractivity contribution is 9.10. The van der Waals surface area contributed by atoms with Crippen LogP contribution in [0.3, 0.4) is 0 Å². The number of benzene rings is 2. The summed E-state index contributed by atoms with van der Waals surface area (Å²) >= 11 is 3.31. The van der Waals surface area contributed by atoms with Crippen LogP contribution in [0.25, 0.3) is 0 Å². The van der Waals surface area contributed by atoms with Gasteiger partial charge >= 0.3 is 0 Å². The van der Waals surface area contributed by atoms with Crippen molar-refractivity contribution >= 4 is 43.5 Å². The molecule has 7 nitrogen and oxygen atoms in total. The maximum Gasteiger partial charge on any atom is 0.244 e. The standard InChI is InChI=1S/C23H29BrFN3O4S/c1-16(2)13-26-23(30)17(3)27(14-18-8-10-20(25)11-9-18)22(29)15-28(33(4,31)32)21-7-5-6-19(24)12-21/h5-12,16-17H,13-15H2,1-4H3,(H,26,30)/t17-/m1/s1. The lowest BCUT2D eigenvalue weighted by Gasteiger charge is -2.31. The predicted molar refractivity (Wildman–Crippen MR) is 131 cm³/mol. The molecule has 0 unspecified atom stereocenters. The van der Waals surface area contributed by atoms with Crippen molar-refractivity contribution in [3.63, 3.8) is 0 Å². The third kappa shape index (κ3) is 8.12. The molecule has 0 aromatic heterocycles. The Balaban J connectivity index is 2.35. The van der Waals surface area contributed by atoms with Crippen molar-refractivity contribution < 1.29 is 22.4 Å². The van der Waals surface area contributed by atoms with E-state index < -0.39 is 34.3 Å². The number of nitrogens with one attached hydrogen (secondary N) is 1. The lowest BCUT2D eigenvalue weighted by atomic mass is 10.1. The molecule has 0 fully saturated rings. The lowest BCUT2D eigenvalue weighted by molar-refractivity contribution is -0.139. The molecule has 0 aliphatic rings. The number of rotatable bonds is 10. The first-order chi connectivity index (χ1) is 15.4. The van der Waals surface area contributed by atoms with Gasteiger partial charge < -0.3 is 10.2 Å². The van der Waals surface area contributed by atoms with Crippen molar-refractivity contribution in [1.82, 2.24) is 10.2 Å². The predicted octanol–water partition coefficient (Wildman–Crippen LogP) is 3.54. The van der Waals surface area contributed by atoms with E-state index in [2.05, 4.69) is 21.2 Å². The number of carbonyl (C=O) groups is 2. The molecule has 180 valence electrons. The van der Waals surface area contributed by atoms with Crippen molar-refractivity contribution in [1.29, 1.82) is 0 Å². The van der Waals surface area contributed by atoms with Crippen LogP contribution in [0.15, 0.2) is 53.0 Å². The lowest BCUT2D eigenvalue weighted by Crippen LogP contribution is -2.51. The van der Waals surface area contributed by atoms with Crippen molar-refractivity contribution in [2.24, 2.45) is 5.92 Å². The van der Waals surface area contributed by atoms with Crippen LogP contribution in [0.4, 0.5) is 10.1 Å². The van der Waals surface area contributed by atoms with Gasteiger partial charge in [-0.2, -0.15) is 0 Å². The second kappa shape index (κ2) is 11.6. The molecule has 0 heterocycles. The number of hydrogen-bond donors (Lipinski definition) is 1. The molecule has 0 aliphatic carbocycles. The largest absolute Gasteiger partial charge is 0.354 e. The average molecular weight is 542 g/mol. The third-order valence-corrected chi connectivity index (χ3v) is 6.53. The Kier molecular flexibility index (Phi) is 9.42. The summed E-state index contributed by atoms with van der Waals surface area (Å²) in [6.07, 6.45) is 1.02. The Morgan fingerprint density at radius 3 is 2.27 bits per heavy atom. The first-order valence-corrected chi connectivity index (χ1v) is 13.1. The highest BCUT2D eigenvalue weighted by Crippen LogP contribution is 2.23. The highest BCUT2D eigenvalue weighted by atomic mass is 79.9. The van der Waals surface area contributed by atoms with Crippen LogP contribution in [0.2, 0.25) is 0 Å². The number of halogens is 2. The maximum absolute atomic E-state index is 13.4. The Bertz CT molecular complexity index is 1080. The topological polar surface area (TPSA) is 86.8 Å². The van der Waals surface area contributed by atoms with E-state index >= 15 is 0 Å². The average Bonchev–Trinajstić information content (AvgIpc) is 2.73. The molecule has 1 N–H and O–H groups in total. The van der Waals surface area contributed by atoms with Gasteiger partial charge in [-0.3, -0.25) is 13.9 Å². The van der Waals surface area contributed by atoms with Gasteiger partial charge in [-0.05, 0) is 48.7 Å². The second-order valence-corrected chi connectivity index (χ2v) is 11.0. The maximum atomic E-state index is 13.4. The number of anilines is 1. The molecule has 0 bridgehead atoms. The van der Waals surface area contributed by atoms with Crippen LogP contribution < -0.4 is 9.62 Å². The van der Waals surface area contributed by atoms with E-state index in [0.717, 1.165) is 10.6 Å². The molecule has 0 spiro atoms. The van der Waals surface area contributed by atoms with E-state index in [9.17, 15) is 22.4 Å². The monoisotopic (exact) mass is 541 g/mol. The summed E-state index contributed by atoms with van der Waals surface area (Å²) in [6, 6.07) is 11.3. The molecular weight excluding hydrogens is 513 g/mol. The number of nitrogens with zero attached hydrogens (tertiary/aromatic N) is 2. The van der Waals surface area contributed by atoms with Crippen LogP contribution in [0.5, 0.6) is 0 Å². The smallest absolute Gasteiger partial charge is 0.244 e. The minimum absolute atomic E-state index is 0.0193. The van der Waals surface area contributed by atoms with Crippen molar-refractivity contribution in [3.8, 4) is 0 Å². The Labute approximate surface area is 203 Å². The molecule has 2 aromatic rings. The fourth-order valence-electron chi connectivity index (χ4n) is 3.07. The zero-order chi connectivity index (χ0) is 24.8. The van der Waals surface area contributed by atoms with Crippen LogP contribution >= 0.6 is 15.9 Å². The molecule has 2 rings (SSSR count). The third-order valence-electron chi connectivity index (χ3n) is 4.89. The number of amides is 2. The summed E-state index contributed by atoms with van der Waals surface area (Å²) in [5.41, 5.74) is 0.931. The molecule has 33 heavy (non-hydrogen) atoms. The number of sulfonamides is 1. The molecule has 10 heteroatoms. The molecule has 1 atom stereocenters. The fraction of sp³-hybridized carbons (Fsp3) is 0.391. The summed E-state index contributed by atoms with van der Waals surface area (Å²) in [6.45, 7) is 5.46. The van der Waals surface area contributed by atoms with Gasteiger partial charge in [0.2, 0.25) is 21.8 Å². The number of carbonyl (C=O) groups excluding carboxylic acids is 2. The summed E-state index contributed by atoms with van der Waals surface area (Å²) in [7, 11) is -3.79. The number of hydrogen-bond acceptors (Lipinski definition) is 4. The minimum atomic E-state index is -3.79. The molecule has 0 saturated heterocycles. The van der Waals surface area contributed by atoms with Crippen LogP contribution in [0, 0.1) is 11.7 Å². The van der Waals surface area contributed by atoms with E-state index in [-0.39, 0.29) is 18.4 Å². The van der Waals surface area contributed by atoms with Gasteiger partial charge in [0.15, 0.2) is 0 Å². The van der Waals surface area contributed by atoms with Gasteiger partial charge in [0.25, 0.3) is 0 Å². The van der Waals surface area contributed by atoms with Crippen LogP contribution in [0.1, 0.15) is 26.3 Å². The van der Waals surface area contributed by atoms with E-state index in [1.54, 1.807) is 31.2 Å². The van der Waals surface area contributed by atoms with Crippen molar-refractivity contribution in [2.75, 3.05) is 23.7 Å². The van der Waals surface area contributed by atoms with E-state index in [4.69, 9.17) is 0 Å². The van der Waals surface area contributed by atoms with E-state index in [1.165, 1.54) is 29.2 Å². The fourth-order valence-corrected chi connectivity index (χ4v) is 4.30. The van der Waals surface area contributed by atoms with Gasteiger partial charge in [0, 0.05) is 17.6 Å². The normalized spacial score (nSPS) is 12.3. The van der Waals surface area contributed by atoms with Gasteiger partial charge in [-0.15, -0.1) is 0 Å².